The average Bonchev–Trinajstić information content (AvgIpc) is 3.08. The summed E-state index contributed by atoms with van der Waals surface area (Å²) in [6, 6.07) is 5.40. The van der Waals surface area contributed by atoms with Crippen LogP contribution in [0.5, 0.6) is 0 Å². The molecule has 2 bridgehead atoms. The summed E-state index contributed by atoms with van der Waals surface area (Å²) < 4.78 is 45.3. The van der Waals surface area contributed by atoms with Crippen molar-refractivity contribution >= 4 is 27.6 Å². The molecule has 3 heterocycles. The van der Waals surface area contributed by atoms with Crippen molar-refractivity contribution in [2.75, 3.05) is 19.8 Å². The molecular formula is C19H24ClNO6S. The molecule has 0 amide bonds. The van der Waals surface area contributed by atoms with Crippen LogP contribution >= 0.6 is 11.6 Å². The number of piperidine rings is 2. The molecule has 3 fully saturated rings. The van der Waals surface area contributed by atoms with Crippen molar-refractivity contribution in [3.63, 3.8) is 0 Å². The lowest BCUT2D eigenvalue weighted by Gasteiger charge is -2.51. The van der Waals surface area contributed by atoms with E-state index in [9.17, 15) is 13.2 Å². The van der Waals surface area contributed by atoms with E-state index < -0.39 is 15.8 Å². The molecule has 3 aliphatic heterocycles. The van der Waals surface area contributed by atoms with Gasteiger partial charge in [0, 0.05) is 29.9 Å². The normalized spacial score (nSPS) is 29.7. The van der Waals surface area contributed by atoms with Gasteiger partial charge in [0.2, 0.25) is 10.0 Å². The summed E-state index contributed by atoms with van der Waals surface area (Å²) in [4.78, 5) is 12.5. The Balaban J connectivity index is 1.66. The number of benzene rings is 1. The van der Waals surface area contributed by atoms with E-state index in [-0.39, 0.29) is 28.9 Å². The van der Waals surface area contributed by atoms with Gasteiger partial charge in [0.15, 0.2) is 5.79 Å². The predicted octanol–water partition coefficient (Wildman–Crippen LogP) is 2.58. The molecule has 0 radical (unpaired) electrons. The fourth-order valence-electron chi connectivity index (χ4n) is 4.71. The van der Waals surface area contributed by atoms with E-state index in [2.05, 4.69) is 0 Å². The Hall–Kier alpha value is -1.19. The van der Waals surface area contributed by atoms with Crippen molar-refractivity contribution in [1.29, 1.82) is 0 Å². The molecule has 9 heteroatoms. The maximum atomic E-state index is 13.4. The zero-order chi connectivity index (χ0) is 19.9. The van der Waals surface area contributed by atoms with Crippen LogP contribution in [0.4, 0.5) is 0 Å². The van der Waals surface area contributed by atoms with Gasteiger partial charge in [-0.1, -0.05) is 11.6 Å². The quantitative estimate of drug-likeness (QED) is 0.684. The molecule has 28 heavy (non-hydrogen) atoms. The smallest absolute Gasteiger partial charge is 0.309 e. The topological polar surface area (TPSA) is 82.1 Å². The summed E-state index contributed by atoms with van der Waals surface area (Å²) in [7, 11) is -3.73. The summed E-state index contributed by atoms with van der Waals surface area (Å²) in [5, 5.41) is 0.479. The molecule has 0 aromatic heterocycles. The third-order valence-corrected chi connectivity index (χ3v) is 8.02. The monoisotopic (exact) mass is 429 g/mol. The van der Waals surface area contributed by atoms with Crippen LogP contribution in [0, 0.1) is 5.92 Å². The molecule has 0 aliphatic carbocycles. The first-order valence-electron chi connectivity index (χ1n) is 9.58. The number of rotatable bonds is 4. The number of sulfonamides is 1. The second kappa shape index (κ2) is 7.57. The first-order chi connectivity index (χ1) is 13.3. The van der Waals surface area contributed by atoms with Crippen LogP contribution < -0.4 is 0 Å². The first-order valence-corrected chi connectivity index (χ1v) is 11.4. The number of ether oxygens (including phenoxy) is 3. The highest BCUT2D eigenvalue weighted by molar-refractivity contribution is 7.89. The van der Waals surface area contributed by atoms with Crippen molar-refractivity contribution in [1.82, 2.24) is 4.31 Å². The third kappa shape index (κ3) is 3.57. The molecule has 1 spiro atoms. The lowest BCUT2D eigenvalue weighted by atomic mass is 9.77. The fraction of sp³-hybridized carbons (Fsp3) is 0.632. The zero-order valence-corrected chi connectivity index (χ0v) is 17.2. The van der Waals surface area contributed by atoms with Crippen LogP contribution in [0.1, 0.15) is 32.6 Å². The molecule has 3 aliphatic rings. The van der Waals surface area contributed by atoms with Crippen molar-refractivity contribution in [2.24, 2.45) is 5.92 Å². The summed E-state index contributed by atoms with van der Waals surface area (Å²) >= 11 is 5.92. The maximum absolute atomic E-state index is 13.4. The molecule has 3 saturated heterocycles. The highest BCUT2D eigenvalue weighted by Gasteiger charge is 2.56. The van der Waals surface area contributed by atoms with Gasteiger partial charge in [0.05, 0.1) is 30.6 Å². The largest absolute Gasteiger partial charge is 0.466 e. The molecule has 0 saturated carbocycles. The van der Waals surface area contributed by atoms with Gasteiger partial charge in [-0.25, -0.2) is 8.42 Å². The average molecular weight is 430 g/mol. The van der Waals surface area contributed by atoms with Gasteiger partial charge < -0.3 is 14.2 Å². The van der Waals surface area contributed by atoms with Crippen molar-refractivity contribution in [3.8, 4) is 0 Å². The number of esters is 1. The first kappa shape index (κ1) is 20.1. The van der Waals surface area contributed by atoms with Crippen LogP contribution in [0.2, 0.25) is 5.02 Å². The molecule has 2 unspecified atom stereocenters. The highest BCUT2D eigenvalue weighted by Crippen LogP contribution is 2.47. The second-order valence-corrected chi connectivity index (χ2v) is 9.81. The number of hydrogen-bond donors (Lipinski definition) is 0. The lowest BCUT2D eigenvalue weighted by Crippen LogP contribution is -2.62. The number of carbonyl (C=O) groups excluding carboxylic acids is 1. The number of fused-ring (bicyclic) bond motifs is 2. The van der Waals surface area contributed by atoms with Gasteiger partial charge in [-0.05, 0) is 44.0 Å². The Kier molecular flexibility index (Phi) is 5.43. The third-order valence-electron chi connectivity index (χ3n) is 5.75. The second-order valence-electron chi connectivity index (χ2n) is 7.53. The van der Waals surface area contributed by atoms with Gasteiger partial charge in [-0.15, -0.1) is 0 Å². The van der Waals surface area contributed by atoms with E-state index in [0.29, 0.717) is 50.5 Å². The molecule has 0 N–H and O–H groups in total. The SMILES string of the molecule is CCOC(=O)C1CC2CC3(CC(C1)N2S(=O)(=O)c1ccc(Cl)cc1)OCCO3. The van der Waals surface area contributed by atoms with E-state index in [1.165, 1.54) is 12.1 Å². The molecule has 4 rings (SSSR count). The highest BCUT2D eigenvalue weighted by atomic mass is 35.5. The molecule has 2 atom stereocenters. The van der Waals surface area contributed by atoms with E-state index in [1.807, 2.05) is 0 Å². The molecule has 154 valence electrons. The molecular weight excluding hydrogens is 406 g/mol. The van der Waals surface area contributed by atoms with Crippen LogP contribution in [0.3, 0.4) is 0 Å². The summed E-state index contributed by atoms with van der Waals surface area (Å²) in [6.45, 7) is 3.09. The molecule has 1 aromatic carbocycles. The van der Waals surface area contributed by atoms with E-state index in [1.54, 1.807) is 23.4 Å². The van der Waals surface area contributed by atoms with Crippen molar-refractivity contribution in [2.45, 2.75) is 55.4 Å². The summed E-state index contributed by atoms with van der Waals surface area (Å²) in [6.07, 6.45) is 1.62. The van der Waals surface area contributed by atoms with Gasteiger partial charge >= 0.3 is 5.97 Å². The Morgan fingerprint density at radius 1 is 1.18 bits per heavy atom. The van der Waals surface area contributed by atoms with Crippen LogP contribution in [0.15, 0.2) is 29.2 Å². The molecule has 1 aromatic rings. The zero-order valence-electron chi connectivity index (χ0n) is 15.7. The van der Waals surface area contributed by atoms with Gasteiger partial charge in [-0.2, -0.15) is 4.31 Å². The fourth-order valence-corrected chi connectivity index (χ4v) is 6.67. The van der Waals surface area contributed by atoms with Gasteiger partial charge in [0.1, 0.15) is 0 Å². The van der Waals surface area contributed by atoms with Crippen molar-refractivity contribution < 1.29 is 27.4 Å². The maximum Gasteiger partial charge on any atom is 0.309 e. The summed E-state index contributed by atoms with van der Waals surface area (Å²) in [5.74, 6) is -1.32. The van der Waals surface area contributed by atoms with E-state index in [4.69, 9.17) is 25.8 Å². The number of hydrogen-bond acceptors (Lipinski definition) is 6. The minimum absolute atomic E-state index is 0.200. The number of carbonyl (C=O) groups is 1. The Morgan fingerprint density at radius 3 is 2.29 bits per heavy atom. The number of nitrogens with zero attached hydrogens (tertiary/aromatic N) is 1. The Morgan fingerprint density at radius 2 is 1.75 bits per heavy atom. The lowest BCUT2D eigenvalue weighted by molar-refractivity contribution is -0.210. The van der Waals surface area contributed by atoms with Gasteiger partial charge in [0.25, 0.3) is 0 Å². The minimum atomic E-state index is -3.73. The van der Waals surface area contributed by atoms with Crippen molar-refractivity contribution in [3.05, 3.63) is 29.3 Å². The van der Waals surface area contributed by atoms with Gasteiger partial charge in [-0.3, -0.25) is 4.79 Å². The van der Waals surface area contributed by atoms with Crippen LogP contribution in [0.25, 0.3) is 0 Å². The minimum Gasteiger partial charge on any atom is -0.466 e. The van der Waals surface area contributed by atoms with Crippen LogP contribution in [-0.4, -0.2) is 56.4 Å². The predicted molar refractivity (Wildman–Crippen MR) is 101 cm³/mol. The van der Waals surface area contributed by atoms with E-state index in [0.717, 1.165) is 0 Å². The Labute approximate surface area is 169 Å². The summed E-state index contributed by atoms with van der Waals surface area (Å²) in [5.41, 5.74) is 0. The molecule has 7 nitrogen and oxygen atoms in total. The van der Waals surface area contributed by atoms with E-state index >= 15 is 0 Å². The number of halogens is 1. The Bertz CT molecular complexity index is 818. The standard InChI is InChI=1S/C19H24ClNO6S/c1-2-25-18(22)13-9-15-11-19(26-7-8-27-19)12-16(10-13)21(15)28(23,24)17-5-3-14(20)4-6-17/h3-6,13,15-16H,2,7-12H2,1H3. The van der Waals surface area contributed by atoms with Crippen LogP contribution in [-0.2, 0) is 29.0 Å².